The molecule has 0 aliphatic carbocycles. The molecule has 4 nitrogen and oxygen atoms in total. The molecule has 4 heteroatoms. The van der Waals surface area contributed by atoms with E-state index in [2.05, 4.69) is 10.2 Å². The van der Waals surface area contributed by atoms with Crippen molar-refractivity contribution in [2.24, 2.45) is 0 Å². The first-order valence-electron chi connectivity index (χ1n) is 7.45. The van der Waals surface area contributed by atoms with E-state index in [9.17, 15) is 4.79 Å². The number of hydrogen-bond acceptors (Lipinski definition) is 3. The number of amides is 1. The normalized spacial score (nSPS) is 13.3. The molecular weight excluding hydrogens is 276 g/mol. The number of carbonyl (C=O) groups is 1. The summed E-state index contributed by atoms with van der Waals surface area (Å²) >= 11 is 0. The fourth-order valence-electron chi connectivity index (χ4n) is 2.65. The highest BCUT2D eigenvalue weighted by atomic mass is 16.5. The van der Waals surface area contributed by atoms with E-state index in [1.54, 1.807) is 0 Å². The van der Waals surface area contributed by atoms with Crippen molar-refractivity contribution in [3.63, 3.8) is 0 Å². The van der Waals surface area contributed by atoms with Gasteiger partial charge >= 0.3 is 0 Å². The molecule has 0 aromatic heterocycles. The van der Waals surface area contributed by atoms with E-state index in [0.29, 0.717) is 13.0 Å². The van der Waals surface area contributed by atoms with Gasteiger partial charge in [-0.3, -0.25) is 4.79 Å². The van der Waals surface area contributed by atoms with Gasteiger partial charge in [-0.15, -0.1) is 0 Å². The molecule has 1 heterocycles. The van der Waals surface area contributed by atoms with Gasteiger partial charge in [0.1, 0.15) is 12.4 Å². The van der Waals surface area contributed by atoms with Gasteiger partial charge in [-0.25, -0.2) is 0 Å². The van der Waals surface area contributed by atoms with Crippen LogP contribution in [0, 0.1) is 6.92 Å². The summed E-state index contributed by atoms with van der Waals surface area (Å²) in [4.78, 5) is 14.3. The zero-order chi connectivity index (χ0) is 15.5. The largest absolute Gasteiger partial charge is 0.489 e. The van der Waals surface area contributed by atoms with Crippen LogP contribution >= 0.6 is 0 Å². The van der Waals surface area contributed by atoms with Gasteiger partial charge in [0.15, 0.2) is 0 Å². The fraction of sp³-hybridized carbons (Fsp3) is 0.278. The Labute approximate surface area is 130 Å². The van der Waals surface area contributed by atoms with Crippen molar-refractivity contribution in [1.29, 1.82) is 0 Å². The first-order valence-corrected chi connectivity index (χ1v) is 7.45. The van der Waals surface area contributed by atoms with Crippen molar-refractivity contribution < 1.29 is 9.53 Å². The zero-order valence-corrected chi connectivity index (χ0v) is 12.9. The Morgan fingerprint density at radius 1 is 1.27 bits per heavy atom. The summed E-state index contributed by atoms with van der Waals surface area (Å²) < 4.78 is 5.66. The molecule has 0 atom stereocenters. The average Bonchev–Trinajstić information content (AvgIpc) is 2.47. The molecule has 1 amide bonds. The number of nitrogens with zero attached hydrogens (tertiary/aromatic N) is 1. The van der Waals surface area contributed by atoms with Gasteiger partial charge in [-0.2, -0.15) is 0 Å². The van der Waals surface area contributed by atoms with E-state index in [4.69, 9.17) is 4.74 Å². The van der Waals surface area contributed by atoms with Crippen LogP contribution in [0.3, 0.4) is 0 Å². The number of carbonyl (C=O) groups excluding carboxylic acids is 1. The monoisotopic (exact) mass is 296 g/mol. The Balaban J connectivity index is 1.69. The van der Waals surface area contributed by atoms with Crippen LogP contribution < -0.4 is 15.0 Å². The minimum Gasteiger partial charge on any atom is -0.489 e. The summed E-state index contributed by atoms with van der Waals surface area (Å²) in [6.45, 7) is 3.58. The Kier molecular flexibility index (Phi) is 4.00. The number of ether oxygens (including phenoxy) is 1. The van der Waals surface area contributed by atoms with E-state index < -0.39 is 0 Å². The molecule has 0 saturated heterocycles. The molecule has 0 unspecified atom stereocenters. The molecule has 1 aliphatic rings. The lowest BCUT2D eigenvalue weighted by atomic mass is 10.1. The Morgan fingerprint density at radius 3 is 2.95 bits per heavy atom. The van der Waals surface area contributed by atoms with Crippen LogP contribution in [-0.4, -0.2) is 26.1 Å². The zero-order valence-electron chi connectivity index (χ0n) is 12.9. The van der Waals surface area contributed by atoms with Gasteiger partial charge in [0.2, 0.25) is 5.91 Å². The number of fused-ring (bicyclic) bond motifs is 1. The predicted molar refractivity (Wildman–Crippen MR) is 88.7 cm³/mol. The third kappa shape index (κ3) is 3.22. The van der Waals surface area contributed by atoms with Gasteiger partial charge in [0.25, 0.3) is 0 Å². The van der Waals surface area contributed by atoms with E-state index in [0.717, 1.165) is 34.8 Å². The van der Waals surface area contributed by atoms with Gasteiger partial charge < -0.3 is 15.0 Å². The van der Waals surface area contributed by atoms with Crippen molar-refractivity contribution in [3.05, 3.63) is 53.6 Å². The van der Waals surface area contributed by atoms with Crippen molar-refractivity contribution in [1.82, 2.24) is 0 Å². The summed E-state index contributed by atoms with van der Waals surface area (Å²) in [6, 6.07) is 13.8. The van der Waals surface area contributed by atoms with Crippen LogP contribution in [0.15, 0.2) is 42.5 Å². The number of rotatable bonds is 3. The summed E-state index contributed by atoms with van der Waals surface area (Å²) in [5, 5.41) is 2.94. The summed E-state index contributed by atoms with van der Waals surface area (Å²) in [7, 11) is 2.04. The molecule has 2 aromatic rings. The molecule has 0 bridgehead atoms. The smallest absolute Gasteiger partial charge is 0.228 e. The van der Waals surface area contributed by atoms with E-state index >= 15 is 0 Å². The first kappa shape index (κ1) is 14.4. The molecule has 1 N–H and O–H groups in total. The quantitative estimate of drug-likeness (QED) is 0.946. The lowest BCUT2D eigenvalue weighted by Gasteiger charge is -2.27. The van der Waals surface area contributed by atoms with Crippen molar-refractivity contribution in [2.75, 3.05) is 30.4 Å². The van der Waals surface area contributed by atoms with Crippen LogP contribution in [0.4, 0.5) is 11.4 Å². The van der Waals surface area contributed by atoms with E-state index in [1.165, 1.54) is 0 Å². The SMILES string of the molecule is Cc1cccc(CC(=O)Nc2ccc3c(c2)OCCN3C)c1. The van der Waals surface area contributed by atoms with Gasteiger partial charge in [-0.05, 0) is 24.6 Å². The summed E-state index contributed by atoms with van der Waals surface area (Å²) in [6.07, 6.45) is 0.375. The molecular formula is C18H20N2O2. The Bertz CT molecular complexity index is 697. The lowest BCUT2D eigenvalue weighted by molar-refractivity contribution is -0.115. The molecule has 1 aliphatic heterocycles. The number of benzene rings is 2. The van der Waals surface area contributed by atoms with Crippen LogP contribution in [-0.2, 0) is 11.2 Å². The van der Waals surface area contributed by atoms with Crippen LogP contribution in [0.5, 0.6) is 5.75 Å². The Morgan fingerprint density at radius 2 is 2.14 bits per heavy atom. The molecule has 0 radical (unpaired) electrons. The average molecular weight is 296 g/mol. The van der Waals surface area contributed by atoms with Crippen molar-refractivity contribution >= 4 is 17.3 Å². The number of likely N-dealkylation sites (N-methyl/N-ethyl adjacent to an activating group) is 1. The highest BCUT2D eigenvalue weighted by molar-refractivity contribution is 5.92. The molecule has 3 rings (SSSR count). The summed E-state index contributed by atoms with van der Waals surface area (Å²) in [5.74, 6) is 0.803. The van der Waals surface area contributed by atoms with Crippen LogP contribution in [0.1, 0.15) is 11.1 Å². The van der Waals surface area contributed by atoms with Gasteiger partial charge in [0.05, 0.1) is 18.7 Å². The molecule has 2 aromatic carbocycles. The third-order valence-corrected chi connectivity index (χ3v) is 3.79. The molecule has 0 fully saturated rings. The highest BCUT2D eigenvalue weighted by Crippen LogP contribution is 2.33. The van der Waals surface area contributed by atoms with Crippen molar-refractivity contribution in [3.8, 4) is 5.75 Å². The van der Waals surface area contributed by atoms with Gasteiger partial charge in [-0.1, -0.05) is 29.8 Å². The highest BCUT2D eigenvalue weighted by Gasteiger charge is 2.15. The van der Waals surface area contributed by atoms with Gasteiger partial charge in [0, 0.05) is 18.8 Å². The van der Waals surface area contributed by atoms with Crippen LogP contribution in [0.2, 0.25) is 0 Å². The van der Waals surface area contributed by atoms with E-state index in [1.807, 2.05) is 56.4 Å². The number of hydrogen-bond donors (Lipinski definition) is 1. The second kappa shape index (κ2) is 6.10. The third-order valence-electron chi connectivity index (χ3n) is 3.79. The topological polar surface area (TPSA) is 41.6 Å². The maximum absolute atomic E-state index is 12.2. The molecule has 22 heavy (non-hydrogen) atoms. The number of anilines is 2. The second-order valence-corrected chi connectivity index (χ2v) is 5.67. The van der Waals surface area contributed by atoms with Crippen LogP contribution in [0.25, 0.3) is 0 Å². The molecule has 0 saturated carbocycles. The Hall–Kier alpha value is -2.49. The maximum atomic E-state index is 12.2. The number of aryl methyl sites for hydroxylation is 1. The van der Waals surface area contributed by atoms with E-state index in [-0.39, 0.29) is 5.91 Å². The first-order chi connectivity index (χ1) is 10.6. The minimum atomic E-state index is -0.0188. The fourth-order valence-corrected chi connectivity index (χ4v) is 2.65. The second-order valence-electron chi connectivity index (χ2n) is 5.67. The predicted octanol–water partition coefficient (Wildman–Crippen LogP) is 3.00. The minimum absolute atomic E-state index is 0.0188. The van der Waals surface area contributed by atoms with Crippen molar-refractivity contribution in [2.45, 2.75) is 13.3 Å². The molecule has 114 valence electrons. The molecule has 0 spiro atoms. The maximum Gasteiger partial charge on any atom is 0.228 e. The lowest BCUT2D eigenvalue weighted by Crippen LogP contribution is -2.28. The summed E-state index contributed by atoms with van der Waals surface area (Å²) in [5.41, 5.74) is 4.01. The standard InChI is InChI=1S/C18H20N2O2/c1-13-4-3-5-14(10-13)11-18(21)19-15-6-7-16-17(12-15)22-9-8-20(16)2/h3-7,10,12H,8-9,11H2,1-2H3,(H,19,21). The number of nitrogens with one attached hydrogen (secondary N) is 1.